The van der Waals surface area contributed by atoms with E-state index in [0.29, 0.717) is 18.0 Å². The van der Waals surface area contributed by atoms with Crippen LogP contribution in [0.5, 0.6) is 0 Å². The standard InChI is InChI=1S/C18H30N2/c1-13(2)18(20(4)5)12-19-14(3)16-10-9-15-7-6-8-17(15)11-16/h9-11,13-14,18-19H,6-8,12H2,1-5H3. The van der Waals surface area contributed by atoms with Crippen molar-refractivity contribution in [3.63, 3.8) is 0 Å². The number of benzene rings is 1. The number of fused-ring (bicyclic) bond motifs is 1. The summed E-state index contributed by atoms with van der Waals surface area (Å²) in [4.78, 5) is 2.33. The number of nitrogens with zero attached hydrogens (tertiary/aromatic N) is 1. The first-order valence-electron chi connectivity index (χ1n) is 8.00. The quantitative estimate of drug-likeness (QED) is 0.855. The molecule has 1 aromatic carbocycles. The maximum atomic E-state index is 3.71. The lowest BCUT2D eigenvalue weighted by Crippen LogP contribution is -2.42. The Bertz CT molecular complexity index is 429. The molecular weight excluding hydrogens is 244 g/mol. The van der Waals surface area contributed by atoms with Crippen molar-refractivity contribution in [1.29, 1.82) is 0 Å². The Morgan fingerprint density at radius 1 is 1.10 bits per heavy atom. The van der Waals surface area contributed by atoms with Gasteiger partial charge in [0.15, 0.2) is 0 Å². The molecule has 0 spiro atoms. The Kier molecular flexibility index (Phi) is 5.22. The van der Waals surface area contributed by atoms with Crippen molar-refractivity contribution in [1.82, 2.24) is 10.2 Å². The number of rotatable bonds is 6. The van der Waals surface area contributed by atoms with Gasteiger partial charge < -0.3 is 10.2 Å². The number of likely N-dealkylation sites (N-methyl/N-ethyl adjacent to an activating group) is 1. The molecule has 0 bridgehead atoms. The topological polar surface area (TPSA) is 15.3 Å². The zero-order chi connectivity index (χ0) is 14.7. The largest absolute Gasteiger partial charge is 0.309 e. The van der Waals surface area contributed by atoms with Crippen LogP contribution in [0, 0.1) is 5.92 Å². The molecule has 1 aromatic rings. The summed E-state index contributed by atoms with van der Waals surface area (Å²) in [6.07, 6.45) is 3.87. The summed E-state index contributed by atoms with van der Waals surface area (Å²) >= 11 is 0. The Morgan fingerprint density at radius 3 is 2.45 bits per heavy atom. The zero-order valence-electron chi connectivity index (χ0n) is 13.7. The highest BCUT2D eigenvalue weighted by molar-refractivity contribution is 5.36. The Morgan fingerprint density at radius 2 is 1.80 bits per heavy atom. The second-order valence-electron chi connectivity index (χ2n) is 6.79. The fourth-order valence-electron chi connectivity index (χ4n) is 3.29. The van der Waals surface area contributed by atoms with Gasteiger partial charge in [-0.1, -0.05) is 32.0 Å². The second-order valence-corrected chi connectivity index (χ2v) is 6.79. The molecule has 20 heavy (non-hydrogen) atoms. The lowest BCUT2D eigenvalue weighted by atomic mass is 10.00. The molecule has 1 aliphatic carbocycles. The molecule has 2 nitrogen and oxygen atoms in total. The van der Waals surface area contributed by atoms with Crippen molar-refractivity contribution >= 4 is 0 Å². The molecule has 0 saturated heterocycles. The van der Waals surface area contributed by atoms with E-state index in [2.05, 4.69) is 63.3 Å². The molecule has 1 N–H and O–H groups in total. The van der Waals surface area contributed by atoms with E-state index in [1.54, 1.807) is 11.1 Å². The van der Waals surface area contributed by atoms with Gasteiger partial charge in [-0.2, -0.15) is 0 Å². The smallest absolute Gasteiger partial charge is 0.0292 e. The Balaban J connectivity index is 1.96. The summed E-state index contributed by atoms with van der Waals surface area (Å²) in [6, 6.07) is 8.08. The van der Waals surface area contributed by atoms with Crippen molar-refractivity contribution in [2.75, 3.05) is 20.6 Å². The van der Waals surface area contributed by atoms with Crippen molar-refractivity contribution in [3.05, 3.63) is 34.9 Å². The van der Waals surface area contributed by atoms with Gasteiger partial charge >= 0.3 is 0 Å². The highest BCUT2D eigenvalue weighted by Gasteiger charge is 2.18. The fourth-order valence-corrected chi connectivity index (χ4v) is 3.29. The van der Waals surface area contributed by atoms with Gasteiger partial charge in [0.2, 0.25) is 0 Å². The van der Waals surface area contributed by atoms with Gasteiger partial charge in [0.05, 0.1) is 0 Å². The molecule has 0 saturated carbocycles. The predicted octanol–water partition coefficient (Wildman–Crippen LogP) is 3.41. The van der Waals surface area contributed by atoms with E-state index in [1.165, 1.54) is 24.8 Å². The van der Waals surface area contributed by atoms with Crippen LogP contribution in [0.2, 0.25) is 0 Å². The predicted molar refractivity (Wildman–Crippen MR) is 87.2 cm³/mol. The molecule has 0 radical (unpaired) electrons. The molecule has 0 fully saturated rings. The lowest BCUT2D eigenvalue weighted by Gasteiger charge is -2.29. The van der Waals surface area contributed by atoms with Gasteiger partial charge in [0, 0.05) is 18.6 Å². The first kappa shape index (κ1) is 15.5. The molecule has 1 aliphatic rings. The first-order valence-corrected chi connectivity index (χ1v) is 8.00. The fraction of sp³-hybridized carbons (Fsp3) is 0.667. The molecule has 2 atom stereocenters. The first-order chi connectivity index (χ1) is 9.49. The average molecular weight is 274 g/mol. The van der Waals surface area contributed by atoms with Crippen LogP contribution in [-0.4, -0.2) is 31.6 Å². The van der Waals surface area contributed by atoms with E-state index >= 15 is 0 Å². The molecule has 2 unspecified atom stereocenters. The summed E-state index contributed by atoms with van der Waals surface area (Å²) in [5.74, 6) is 0.671. The maximum absolute atomic E-state index is 3.71. The van der Waals surface area contributed by atoms with Gasteiger partial charge in [-0.25, -0.2) is 0 Å². The Labute approximate surface area is 124 Å². The van der Waals surface area contributed by atoms with Crippen LogP contribution in [0.4, 0.5) is 0 Å². The maximum Gasteiger partial charge on any atom is 0.0292 e. The van der Waals surface area contributed by atoms with Crippen molar-refractivity contribution in [3.8, 4) is 0 Å². The van der Waals surface area contributed by atoms with Gasteiger partial charge in [0.25, 0.3) is 0 Å². The third-order valence-electron chi connectivity index (χ3n) is 4.69. The third-order valence-corrected chi connectivity index (χ3v) is 4.69. The SMILES string of the molecule is CC(NCC(C(C)C)N(C)C)c1ccc2c(c1)CCC2. The van der Waals surface area contributed by atoms with Crippen LogP contribution in [0.3, 0.4) is 0 Å². The normalized spacial score (nSPS) is 17.6. The molecule has 0 heterocycles. The minimum Gasteiger partial charge on any atom is -0.309 e. The molecular formula is C18H30N2. The highest BCUT2D eigenvalue weighted by Crippen LogP contribution is 2.25. The second kappa shape index (κ2) is 6.73. The summed E-state index contributed by atoms with van der Waals surface area (Å²) in [5, 5.41) is 3.71. The van der Waals surface area contributed by atoms with E-state index < -0.39 is 0 Å². The molecule has 112 valence electrons. The van der Waals surface area contributed by atoms with Crippen LogP contribution >= 0.6 is 0 Å². The van der Waals surface area contributed by atoms with E-state index in [4.69, 9.17) is 0 Å². The molecule has 2 rings (SSSR count). The van der Waals surface area contributed by atoms with Crippen molar-refractivity contribution < 1.29 is 0 Å². The molecule has 2 heteroatoms. The summed E-state index contributed by atoms with van der Waals surface area (Å²) < 4.78 is 0. The van der Waals surface area contributed by atoms with E-state index in [0.717, 1.165) is 6.54 Å². The summed E-state index contributed by atoms with van der Waals surface area (Å²) in [5.41, 5.74) is 4.57. The van der Waals surface area contributed by atoms with Gasteiger partial charge in [-0.05, 0) is 62.9 Å². The molecule has 0 aliphatic heterocycles. The van der Waals surface area contributed by atoms with E-state index in [-0.39, 0.29) is 0 Å². The van der Waals surface area contributed by atoms with Crippen LogP contribution in [0.15, 0.2) is 18.2 Å². The van der Waals surface area contributed by atoms with Gasteiger partial charge in [0.1, 0.15) is 0 Å². The number of aryl methyl sites for hydroxylation is 2. The lowest BCUT2D eigenvalue weighted by molar-refractivity contribution is 0.220. The minimum atomic E-state index is 0.432. The van der Waals surface area contributed by atoms with Crippen LogP contribution < -0.4 is 5.32 Å². The van der Waals surface area contributed by atoms with Crippen LogP contribution in [-0.2, 0) is 12.8 Å². The third kappa shape index (κ3) is 3.62. The van der Waals surface area contributed by atoms with Crippen molar-refractivity contribution in [2.45, 2.75) is 52.1 Å². The monoisotopic (exact) mass is 274 g/mol. The number of nitrogens with one attached hydrogen (secondary N) is 1. The van der Waals surface area contributed by atoms with E-state index in [9.17, 15) is 0 Å². The zero-order valence-corrected chi connectivity index (χ0v) is 13.7. The summed E-state index contributed by atoms with van der Waals surface area (Å²) in [7, 11) is 4.35. The molecule has 0 amide bonds. The average Bonchev–Trinajstić information content (AvgIpc) is 2.84. The number of hydrogen-bond donors (Lipinski definition) is 1. The van der Waals surface area contributed by atoms with Gasteiger partial charge in [-0.15, -0.1) is 0 Å². The van der Waals surface area contributed by atoms with Crippen LogP contribution in [0.1, 0.15) is 49.9 Å². The van der Waals surface area contributed by atoms with Gasteiger partial charge in [-0.3, -0.25) is 0 Å². The van der Waals surface area contributed by atoms with Crippen molar-refractivity contribution in [2.24, 2.45) is 5.92 Å². The van der Waals surface area contributed by atoms with Crippen LogP contribution in [0.25, 0.3) is 0 Å². The highest BCUT2D eigenvalue weighted by atomic mass is 15.1. The summed E-state index contributed by atoms with van der Waals surface area (Å²) in [6.45, 7) is 7.92. The minimum absolute atomic E-state index is 0.432. The Hall–Kier alpha value is -0.860. The number of hydrogen-bond acceptors (Lipinski definition) is 2. The molecule has 0 aromatic heterocycles. The van der Waals surface area contributed by atoms with E-state index in [1.807, 2.05) is 0 Å².